The quantitative estimate of drug-likeness (QED) is 0.900. The highest BCUT2D eigenvalue weighted by Gasteiger charge is 2.28. The molecule has 1 aromatic rings. The number of benzene rings is 1. The van der Waals surface area contributed by atoms with E-state index in [1.807, 2.05) is 0 Å². The zero-order chi connectivity index (χ0) is 13.1. The summed E-state index contributed by atoms with van der Waals surface area (Å²) in [5.74, 6) is -0.336. The molecule has 1 amide bonds. The molecule has 98 valence electrons. The van der Waals surface area contributed by atoms with Crippen LogP contribution in [0.3, 0.4) is 0 Å². The summed E-state index contributed by atoms with van der Waals surface area (Å²) >= 11 is 3.10. The summed E-state index contributed by atoms with van der Waals surface area (Å²) in [5, 5.41) is 2.95. The topological polar surface area (TPSA) is 55.1 Å². The van der Waals surface area contributed by atoms with Crippen LogP contribution in [0.5, 0.6) is 0 Å². The van der Waals surface area contributed by atoms with E-state index in [0.717, 1.165) is 19.3 Å². The van der Waals surface area contributed by atoms with Gasteiger partial charge >= 0.3 is 0 Å². The van der Waals surface area contributed by atoms with E-state index in [2.05, 4.69) is 21.2 Å². The second-order valence-corrected chi connectivity index (χ2v) is 5.40. The van der Waals surface area contributed by atoms with Gasteiger partial charge in [-0.05, 0) is 53.4 Å². The standard InChI is InChI=1S/C13H16BrFN2O/c14-12-9(4-2-5-10(12)15)13(18)17-11-6-1-3-8(11)7-16/h2,4-5,8,11H,1,3,6-7,16H2,(H,17,18). The maximum Gasteiger partial charge on any atom is 0.252 e. The molecule has 3 nitrogen and oxygen atoms in total. The van der Waals surface area contributed by atoms with Gasteiger partial charge in [0.15, 0.2) is 0 Å². The molecule has 5 heteroatoms. The van der Waals surface area contributed by atoms with Gasteiger partial charge in [0.05, 0.1) is 10.0 Å². The molecule has 18 heavy (non-hydrogen) atoms. The Kier molecular flexibility index (Phi) is 4.35. The van der Waals surface area contributed by atoms with Gasteiger partial charge in [0.2, 0.25) is 0 Å². The fourth-order valence-electron chi connectivity index (χ4n) is 2.43. The third-order valence-corrected chi connectivity index (χ3v) is 4.28. The summed E-state index contributed by atoms with van der Waals surface area (Å²) in [5.41, 5.74) is 6.00. The molecule has 0 bridgehead atoms. The number of rotatable bonds is 3. The molecular weight excluding hydrogens is 299 g/mol. The maximum absolute atomic E-state index is 13.3. The minimum atomic E-state index is -0.426. The van der Waals surface area contributed by atoms with Crippen molar-refractivity contribution in [1.82, 2.24) is 5.32 Å². The van der Waals surface area contributed by atoms with Crippen molar-refractivity contribution in [1.29, 1.82) is 0 Å². The lowest BCUT2D eigenvalue weighted by Crippen LogP contribution is -2.40. The van der Waals surface area contributed by atoms with Crippen LogP contribution >= 0.6 is 15.9 Å². The first-order valence-electron chi connectivity index (χ1n) is 6.08. The number of hydrogen-bond donors (Lipinski definition) is 2. The lowest BCUT2D eigenvalue weighted by molar-refractivity contribution is 0.0927. The zero-order valence-corrected chi connectivity index (χ0v) is 11.5. The van der Waals surface area contributed by atoms with Crippen LogP contribution in [-0.4, -0.2) is 18.5 Å². The Labute approximate surface area is 114 Å². The second kappa shape index (κ2) is 5.80. The van der Waals surface area contributed by atoms with Gasteiger partial charge in [-0.3, -0.25) is 4.79 Å². The largest absolute Gasteiger partial charge is 0.349 e. The van der Waals surface area contributed by atoms with Gasteiger partial charge < -0.3 is 11.1 Å². The molecular formula is C13H16BrFN2O. The molecule has 2 rings (SSSR count). The number of amides is 1. The van der Waals surface area contributed by atoms with Gasteiger partial charge in [-0.15, -0.1) is 0 Å². The number of carbonyl (C=O) groups is 1. The molecule has 1 saturated carbocycles. The van der Waals surface area contributed by atoms with Crippen LogP contribution in [-0.2, 0) is 0 Å². The normalized spacial score (nSPS) is 23.1. The summed E-state index contributed by atoms with van der Waals surface area (Å²) in [4.78, 5) is 12.1. The van der Waals surface area contributed by atoms with Crippen LogP contribution < -0.4 is 11.1 Å². The maximum atomic E-state index is 13.3. The minimum Gasteiger partial charge on any atom is -0.349 e. The monoisotopic (exact) mass is 314 g/mol. The van der Waals surface area contributed by atoms with Gasteiger partial charge in [-0.25, -0.2) is 4.39 Å². The molecule has 1 aliphatic carbocycles. The summed E-state index contributed by atoms with van der Waals surface area (Å²) in [6, 6.07) is 4.57. The fourth-order valence-corrected chi connectivity index (χ4v) is 2.88. The van der Waals surface area contributed by atoms with E-state index < -0.39 is 5.82 Å². The Bertz CT molecular complexity index is 453. The predicted octanol–water partition coefficient (Wildman–Crippen LogP) is 2.45. The molecule has 3 N–H and O–H groups in total. The molecule has 1 aliphatic rings. The van der Waals surface area contributed by atoms with E-state index in [-0.39, 0.29) is 16.4 Å². The highest BCUT2D eigenvalue weighted by Crippen LogP contribution is 2.26. The van der Waals surface area contributed by atoms with Crippen molar-refractivity contribution < 1.29 is 9.18 Å². The average molecular weight is 315 g/mol. The summed E-state index contributed by atoms with van der Waals surface area (Å²) in [6.45, 7) is 0.579. The zero-order valence-electron chi connectivity index (χ0n) is 9.96. The van der Waals surface area contributed by atoms with Gasteiger partial charge in [-0.1, -0.05) is 12.5 Å². The van der Waals surface area contributed by atoms with E-state index >= 15 is 0 Å². The van der Waals surface area contributed by atoms with E-state index in [9.17, 15) is 9.18 Å². The summed E-state index contributed by atoms with van der Waals surface area (Å²) in [6.07, 6.45) is 3.07. The van der Waals surface area contributed by atoms with Crippen LogP contribution in [0, 0.1) is 11.7 Å². The minimum absolute atomic E-state index is 0.109. The van der Waals surface area contributed by atoms with Gasteiger partial charge in [-0.2, -0.15) is 0 Å². The molecule has 0 heterocycles. The highest BCUT2D eigenvalue weighted by atomic mass is 79.9. The van der Waals surface area contributed by atoms with E-state index in [1.54, 1.807) is 6.07 Å². The lowest BCUT2D eigenvalue weighted by atomic mass is 10.0. The molecule has 1 fully saturated rings. The molecule has 2 unspecified atom stereocenters. The lowest BCUT2D eigenvalue weighted by Gasteiger charge is -2.19. The van der Waals surface area contributed by atoms with Crippen LogP contribution in [0.1, 0.15) is 29.6 Å². The summed E-state index contributed by atoms with van der Waals surface area (Å²) < 4.78 is 13.6. The van der Waals surface area contributed by atoms with Gasteiger partial charge in [0.1, 0.15) is 5.82 Å². The van der Waals surface area contributed by atoms with Crippen LogP contribution in [0.25, 0.3) is 0 Å². The number of hydrogen-bond acceptors (Lipinski definition) is 2. The highest BCUT2D eigenvalue weighted by molar-refractivity contribution is 9.10. The number of carbonyl (C=O) groups excluding carboxylic acids is 1. The van der Waals surface area contributed by atoms with E-state index in [0.29, 0.717) is 18.0 Å². The number of nitrogens with two attached hydrogens (primary N) is 1. The third-order valence-electron chi connectivity index (χ3n) is 3.47. The Hall–Kier alpha value is -0.940. The molecule has 0 aromatic heterocycles. The number of halogens is 2. The van der Waals surface area contributed by atoms with Gasteiger partial charge in [0.25, 0.3) is 5.91 Å². The molecule has 0 saturated heterocycles. The SMILES string of the molecule is NCC1CCCC1NC(=O)c1cccc(F)c1Br. The van der Waals surface area contributed by atoms with Crippen molar-refractivity contribution in [2.45, 2.75) is 25.3 Å². The van der Waals surface area contributed by atoms with Crippen molar-refractivity contribution in [3.05, 3.63) is 34.1 Å². The molecule has 1 aromatic carbocycles. The first-order valence-corrected chi connectivity index (χ1v) is 6.87. The van der Waals surface area contributed by atoms with Crippen LogP contribution in [0.15, 0.2) is 22.7 Å². The van der Waals surface area contributed by atoms with Crippen molar-refractivity contribution in [2.75, 3.05) is 6.54 Å². The van der Waals surface area contributed by atoms with Crippen molar-refractivity contribution in [3.63, 3.8) is 0 Å². The number of nitrogens with one attached hydrogen (secondary N) is 1. The van der Waals surface area contributed by atoms with Crippen molar-refractivity contribution in [3.8, 4) is 0 Å². The second-order valence-electron chi connectivity index (χ2n) is 4.61. The first-order chi connectivity index (χ1) is 8.63. The van der Waals surface area contributed by atoms with Crippen LogP contribution in [0.2, 0.25) is 0 Å². The molecule has 0 spiro atoms. The molecule has 0 radical (unpaired) electrons. The van der Waals surface area contributed by atoms with Crippen molar-refractivity contribution in [2.24, 2.45) is 11.7 Å². The van der Waals surface area contributed by atoms with Crippen LogP contribution in [0.4, 0.5) is 4.39 Å². The Morgan fingerprint density at radius 3 is 3.00 bits per heavy atom. The first kappa shape index (κ1) is 13.5. The smallest absolute Gasteiger partial charge is 0.252 e. The Morgan fingerprint density at radius 2 is 2.28 bits per heavy atom. The van der Waals surface area contributed by atoms with Gasteiger partial charge in [0, 0.05) is 6.04 Å². The Morgan fingerprint density at radius 1 is 1.50 bits per heavy atom. The van der Waals surface area contributed by atoms with E-state index in [1.165, 1.54) is 12.1 Å². The fraction of sp³-hybridized carbons (Fsp3) is 0.462. The summed E-state index contributed by atoms with van der Waals surface area (Å²) in [7, 11) is 0. The predicted molar refractivity (Wildman–Crippen MR) is 71.7 cm³/mol. The molecule has 0 aliphatic heterocycles. The molecule has 2 atom stereocenters. The average Bonchev–Trinajstić information content (AvgIpc) is 2.79. The Balaban J connectivity index is 2.10. The van der Waals surface area contributed by atoms with Crippen molar-refractivity contribution >= 4 is 21.8 Å². The third kappa shape index (κ3) is 2.72. The van der Waals surface area contributed by atoms with E-state index in [4.69, 9.17) is 5.73 Å².